The number of aliphatic hydroxyl groups is 1. The highest BCUT2D eigenvalue weighted by atomic mass is 31.2. The van der Waals surface area contributed by atoms with Crippen LogP contribution in [0.4, 0.5) is 0 Å². The number of esters is 2. The van der Waals surface area contributed by atoms with Gasteiger partial charge in [-0.3, -0.25) is 14.1 Å². The van der Waals surface area contributed by atoms with Gasteiger partial charge in [0.1, 0.15) is 6.61 Å². The number of carbonyl (C=O) groups excluding carboxylic acids is 2. The molecule has 0 aliphatic rings. The van der Waals surface area contributed by atoms with Crippen LogP contribution < -0.4 is 0 Å². The average molecular weight is 759 g/mol. The normalized spacial score (nSPS) is 14.3. The molecule has 0 unspecified atom stereocenters. The van der Waals surface area contributed by atoms with E-state index in [0.717, 1.165) is 44.9 Å². The Hall–Kier alpha value is -3.33. The number of hydrogen-bond donors (Lipinski definition) is 3. The molecule has 9 nitrogen and oxygen atoms in total. The molecule has 0 spiro atoms. The molecule has 0 radical (unpaired) electrons. The Morgan fingerprint density at radius 2 is 1.04 bits per heavy atom. The van der Waals surface area contributed by atoms with E-state index in [0.29, 0.717) is 32.1 Å². The molecule has 0 rings (SSSR count). The summed E-state index contributed by atoms with van der Waals surface area (Å²) in [6.45, 7) is 3.20. The highest BCUT2D eigenvalue weighted by Gasteiger charge is 2.22. The van der Waals surface area contributed by atoms with Crippen molar-refractivity contribution in [1.82, 2.24) is 0 Å². The first-order valence-electron chi connectivity index (χ1n) is 19.3. The van der Waals surface area contributed by atoms with Crippen molar-refractivity contribution in [3.05, 3.63) is 109 Å². The predicted molar refractivity (Wildman–Crippen MR) is 217 cm³/mol. The molecule has 0 fully saturated rings. The van der Waals surface area contributed by atoms with Gasteiger partial charge in [0, 0.05) is 12.8 Å². The van der Waals surface area contributed by atoms with Crippen LogP contribution >= 0.6 is 7.82 Å². The lowest BCUT2D eigenvalue weighted by Crippen LogP contribution is -2.29. The lowest BCUT2D eigenvalue weighted by molar-refractivity contribution is -0.161. The number of ether oxygens (including phenoxy) is 2. The van der Waals surface area contributed by atoms with Gasteiger partial charge in [-0.2, -0.15) is 0 Å². The van der Waals surface area contributed by atoms with E-state index >= 15 is 0 Å². The minimum absolute atomic E-state index is 0.101. The zero-order chi connectivity index (χ0) is 39.1. The quantitative estimate of drug-likeness (QED) is 0.0196. The van der Waals surface area contributed by atoms with Gasteiger partial charge >= 0.3 is 19.8 Å². The van der Waals surface area contributed by atoms with Crippen LogP contribution in [0.25, 0.3) is 0 Å². The van der Waals surface area contributed by atoms with Gasteiger partial charge in [0.2, 0.25) is 0 Å². The van der Waals surface area contributed by atoms with Gasteiger partial charge in [0.25, 0.3) is 0 Å². The summed E-state index contributed by atoms with van der Waals surface area (Å²) in [4.78, 5) is 42.7. The molecule has 0 saturated carbocycles. The van der Waals surface area contributed by atoms with Crippen molar-refractivity contribution < 1.29 is 43.0 Å². The van der Waals surface area contributed by atoms with Gasteiger partial charge in [0.05, 0.1) is 12.7 Å². The molecule has 298 valence electrons. The number of allylic oxidation sites excluding steroid dienone is 17. The molecule has 10 heteroatoms. The van der Waals surface area contributed by atoms with Crippen molar-refractivity contribution in [3.63, 3.8) is 0 Å². The minimum Gasteiger partial charge on any atom is -0.462 e. The maximum atomic E-state index is 12.4. The number of phosphoric ester groups is 1. The van der Waals surface area contributed by atoms with Crippen molar-refractivity contribution in [2.24, 2.45) is 0 Å². The Morgan fingerprint density at radius 3 is 1.51 bits per heavy atom. The Bertz CT molecular complexity index is 1230. The van der Waals surface area contributed by atoms with Gasteiger partial charge in [-0.05, 0) is 83.5 Å². The summed E-state index contributed by atoms with van der Waals surface area (Å²) in [5.41, 5.74) is 0. The van der Waals surface area contributed by atoms with E-state index in [2.05, 4.69) is 78.3 Å². The molecular weight excluding hydrogens is 691 g/mol. The predicted octanol–water partition coefficient (Wildman–Crippen LogP) is 10.6. The molecular formula is C43H67O9P. The molecule has 0 amide bonds. The molecule has 0 aliphatic carbocycles. The third-order valence-electron chi connectivity index (χ3n) is 7.43. The summed E-state index contributed by atoms with van der Waals surface area (Å²) < 4.78 is 26.2. The number of aliphatic hydroxyl groups excluding tert-OH is 1. The highest BCUT2D eigenvalue weighted by Crippen LogP contribution is 2.35. The molecule has 0 bridgehead atoms. The van der Waals surface area contributed by atoms with Gasteiger partial charge in [0.15, 0.2) is 6.10 Å². The van der Waals surface area contributed by atoms with Crippen LogP contribution in [0.2, 0.25) is 0 Å². The standard InChI is InChI=1S/C43H67O9P/c1-3-5-6-7-8-9-10-11-12-13-14-18-21-24-27-30-33-36-42(45)50-38-41(39-51-53(47,48)49)52-43(46)37-34-31-28-25-22-19-16-15-17-20-23-26-29-32-35-40(44)4-2/h8-9,11-12,14,16-20,24-29,32,35,40-41,44H,3-7,10,13,15,21-23,30-31,33-34,36-39H2,1-2H3,(H2,47,48,49)/b9-8-,12-11-,18-14-,19-16-,20-17-,27-24-,28-25-,29-26-,35-32+/t40-,41-/m1/s1. The Kier molecular flexibility index (Phi) is 34.7. The van der Waals surface area contributed by atoms with Crippen molar-refractivity contribution in [1.29, 1.82) is 0 Å². The maximum absolute atomic E-state index is 12.4. The summed E-state index contributed by atoms with van der Waals surface area (Å²) in [6, 6.07) is 0. The summed E-state index contributed by atoms with van der Waals surface area (Å²) >= 11 is 0. The monoisotopic (exact) mass is 758 g/mol. The number of phosphoric acid groups is 1. The van der Waals surface area contributed by atoms with Crippen LogP contribution in [0.15, 0.2) is 109 Å². The molecule has 3 N–H and O–H groups in total. The smallest absolute Gasteiger partial charge is 0.462 e. The second-order valence-corrected chi connectivity index (χ2v) is 13.6. The SMILES string of the molecule is CCCCC/C=C\C/C=C\C/C=C\C/C=C\CCCC(=O)OC[C@H](COP(=O)(O)O)OC(=O)CCC/C=C\C/C=C\C/C=C\C/C=C\C=C\[C@H](O)CC. The van der Waals surface area contributed by atoms with E-state index in [9.17, 15) is 19.3 Å². The topological polar surface area (TPSA) is 140 Å². The maximum Gasteiger partial charge on any atom is 0.469 e. The molecule has 0 heterocycles. The Balaban J connectivity index is 4.21. The number of rotatable bonds is 33. The van der Waals surface area contributed by atoms with Crippen LogP contribution in [0, 0.1) is 0 Å². The number of unbranched alkanes of at least 4 members (excludes halogenated alkanes) is 5. The molecule has 2 atom stereocenters. The second-order valence-electron chi connectivity index (χ2n) is 12.4. The summed E-state index contributed by atoms with van der Waals surface area (Å²) in [7, 11) is -4.80. The molecule has 0 aromatic carbocycles. The third kappa shape index (κ3) is 39.7. The summed E-state index contributed by atoms with van der Waals surface area (Å²) in [5, 5.41) is 9.45. The zero-order valence-electron chi connectivity index (χ0n) is 32.2. The largest absolute Gasteiger partial charge is 0.469 e. The first kappa shape index (κ1) is 49.7. The van der Waals surface area contributed by atoms with E-state index in [4.69, 9.17) is 19.3 Å². The Morgan fingerprint density at radius 1 is 0.585 bits per heavy atom. The third-order valence-corrected chi connectivity index (χ3v) is 7.92. The summed E-state index contributed by atoms with van der Waals surface area (Å²) in [6.07, 6.45) is 49.1. The van der Waals surface area contributed by atoms with E-state index in [1.807, 2.05) is 43.4 Å². The van der Waals surface area contributed by atoms with E-state index < -0.39 is 32.5 Å². The molecule has 0 aromatic rings. The highest BCUT2D eigenvalue weighted by molar-refractivity contribution is 7.46. The fourth-order valence-corrected chi connectivity index (χ4v) is 4.77. The fraction of sp³-hybridized carbons (Fsp3) is 0.535. The van der Waals surface area contributed by atoms with Crippen LogP contribution in [0.3, 0.4) is 0 Å². The first-order chi connectivity index (χ1) is 25.7. The minimum atomic E-state index is -4.80. The lowest BCUT2D eigenvalue weighted by atomic mass is 10.2. The Labute approximate surface area is 319 Å². The van der Waals surface area contributed by atoms with Crippen LogP contribution in [0.1, 0.15) is 123 Å². The van der Waals surface area contributed by atoms with Crippen molar-refractivity contribution in [2.45, 2.75) is 135 Å². The average Bonchev–Trinajstić information content (AvgIpc) is 3.13. The van der Waals surface area contributed by atoms with E-state index in [-0.39, 0.29) is 25.6 Å². The van der Waals surface area contributed by atoms with Gasteiger partial charge in [-0.25, -0.2) is 4.57 Å². The van der Waals surface area contributed by atoms with E-state index in [1.54, 1.807) is 6.08 Å². The van der Waals surface area contributed by atoms with Gasteiger partial charge in [-0.1, -0.05) is 136 Å². The van der Waals surface area contributed by atoms with Gasteiger partial charge < -0.3 is 24.4 Å². The van der Waals surface area contributed by atoms with E-state index in [1.165, 1.54) is 19.3 Å². The number of hydrogen-bond acceptors (Lipinski definition) is 7. The molecule has 0 saturated heterocycles. The molecule has 0 aliphatic heterocycles. The molecule has 53 heavy (non-hydrogen) atoms. The van der Waals surface area contributed by atoms with Gasteiger partial charge in [-0.15, -0.1) is 0 Å². The van der Waals surface area contributed by atoms with Crippen LogP contribution in [-0.4, -0.2) is 52.3 Å². The number of carbonyl (C=O) groups is 2. The summed E-state index contributed by atoms with van der Waals surface area (Å²) in [5.74, 6) is -1.05. The second kappa shape index (κ2) is 37.0. The van der Waals surface area contributed by atoms with Crippen molar-refractivity contribution >= 4 is 19.8 Å². The van der Waals surface area contributed by atoms with Crippen molar-refractivity contribution in [2.75, 3.05) is 13.2 Å². The van der Waals surface area contributed by atoms with Crippen LogP contribution in [-0.2, 0) is 28.2 Å². The van der Waals surface area contributed by atoms with Crippen LogP contribution in [0.5, 0.6) is 0 Å². The van der Waals surface area contributed by atoms with Crippen molar-refractivity contribution in [3.8, 4) is 0 Å². The zero-order valence-corrected chi connectivity index (χ0v) is 33.1. The first-order valence-corrected chi connectivity index (χ1v) is 20.8. The lowest BCUT2D eigenvalue weighted by Gasteiger charge is -2.18. The fourth-order valence-electron chi connectivity index (χ4n) is 4.41. The molecule has 0 aromatic heterocycles.